The second-order valence-electron chi connectivity index (χ2n) is 6.30. The number of hydrogen-bond acceptors (Lipinski definition) is 3. The molecule has 2 N–H and O–H groups in total. The van der Waals surface area contributed by atoms with Gasteiger partial charge in [0.25, 0.3) is 5.91 Å². The van der Waals surface area contributed by atoms with Crippen LogP contribution in [0.25, 0.3) is 0 Å². The van der Waals surface area contributed by atoms with Gasteiger partial charge in [-0.15, -0.1) is 0 Å². The molecule has 1 saturated carbocycles. The standard InChI is InChI=1S/C19H25N3O/c1-14-9-10-18(15(2)11-14)22-19(23)16(12-20)13-21-17-7-5-3-4-6-8-17/h9-11,13,17,21H,3-8H2,1-2H3,(H,22,23)/b16-13-. The van der Waals surface area contributed by atoms with Crippen molar-refractivity contribution in [1.82, 2.24) is 5.32 Å². The lowest BCUT2D eigenvalue weighted by Crippen LogP contribution is -2.25. The second kappa shape index (κ2) is 8.38. The minimum Gasteiger partial charge on any atom is -0.387 e. The highest BCUT2D eigenvalue weighted by atomic mass is 16.1. The fourth-order valence-electron chi connectivity index (χ4n) is 2.94. The van der Waals surface area contributed by atoms with Crippen LogP contribution in [0.4, 0.5) is 5.69 Å². The molecule has 1 aliphatic rings. The lowest BCUT2D eigenvalue weighted by atomic mass is 10.1. The van der Waals surface area contributed by atoms with E-state index >= 15 is 0 Å². The molecule has 0 unspecified atom stereocenters. The number of nitrogens with zero attached hydrogens (tertiary/aromatic N) is 1. The van der Waals surface area contributed by atoms with Crippen molar-refractivity contribution >= 4 is 11.6 Å². The van der Waals surface area contributed by atoms with Crippen molar-refractivity contribution in [3.8, 4) is 6.07 Å². The minimum atomic E-state index is -0.361. The van der Waals surface area contributed by atoms with Gasteiger partial charge in [-0.25, -0.2) is 0 Å². The van der Waals surface area contributed by atoms with Crippen LogP contribution < -0.4 is 10.6 Å². The van der Waals surface area contributed by atoms with E-state index in [4.69, 9.17) is 0 Å². The molecule has 1 amide bonds. The van der Waals surface area contributed by atoms with Gasteiger partial charge in [0.2, 0.25) is 0 Å². The van der Waals surface area contributed by atoms with Gasteiger partial charge in [0, 0.05) is 17.9 Å². The monoisotopic (exact) mass is 311 g/mol. The van der Waals surface area contributed by atoms with E-state index in [2.05, 4.69) is 10.6 Å². The summed E-state index contributed by atoms with van der Waals surface area (Å²) in [4.78, 5) is 12.3. The average Bonchev–Trinajstić information content (AvgIpc) is 2.79. The van der Waals surface area contributed by atoms with Crippen LogP contribution in [0.1, 0.15) is 49.7 Å². The number of nitrogens with one attached hydrogen (secondary N) is 2. The van der Waals surface area contributed by atoms with Crippen molar-refractivity contribution < 1.29 is 4.79 Å². The summed E-state index contributed by atoms with van der Waals surface area (Å²) in [7, 11) is 0. The van der Waals surface area contributed by atoms with E-state index < -0.39 is 0 Å². The van der Waals surface area contributed by atoms with E-state index in [1.807, 2.05) is 38.1 Å². The molecule has 1 aromatic carbocycles. The molecule has 122 valence electrons. The molecule has 0 spiro atoms. The van der Waals surface area contributed by atoms with Crippen LogP contribution in [0.15, 0.2) is 30.0 Å². The normalized spacial score (nSPS) is 16.3. The maximum atomic E-state index is 12.3. The fourth-order valence-corrected chi connectivity index (χ4v) is 2.94. The van der Waals surface area contributed by atoms with Crippen molar-refractivity contribution in [2.75, 3.05) is 5.32 Å². The van der Waals surface area contributed by atoms with E-state index in [9.17, 15) is 10.1 Å². The highest BCUT2D eigenvalue weighted by Crippen LogP contribution is 2.18. The molecule has 4 heteroatoms. The van der Waals surface area contributed by atoms with Crippen molar-refractivity contribution in [3.63, 3.8) is 0 Å². The van der Waals surface area contributed by atoms with E-state index in [-0.39, 0.29) is 11.5 Å². The maximum absolute atomic E-state index is 12.3. The lowest BCUT2D eigenvalue weighted by molar-refractivity contribution is -0.112. The molecular formula is C19H25N3O. The van der Waals surface area contributed by atoms with Crippen LogP contribution in [-0.4, -0.2) is 11.9 Å². The molecule has 0 bridgehead atoms. The Morgan fingerprint density at radius 3 is 2.52 bits per heavy atom. The molecule has 2 rings (SSSR count). The van der Waals surface area contributed by atoms with Crippen LogP contribution in [0.5, 0.6) is 0 Å². The third-order valence-corrected chi connectivity index (χ3v) is 4.31. The van der Waals surface area contributed by atoms with E-state index in [1.54, 1.807) is 6.20 Å². The van der Waals surface area contributed by atoms with E-state index in [1.165, 1.54) is 25.7 Å². The zero-order chi connectivity index (χ0) is 16.7. The molecule has 1 fully saturated rings. The van der Waals surface area contributed by atoms with Crippen molar-refractivity contribution in [1.29, 1.82) is 5.26 Å². The summed E-state index contributed by atoms with van der Waals surface area (Å²) in [5.41, 5.74) is 3.00. The van der Waals surface area contributed by atoms with Gasteiger partial charge in [-0.3, -0.25) is 4.79 Å². The molecule has 4 nitrogen and oxygen atoms in total. The van der Waals surface area contributed by atoms with Crippen molar-refractivity contribution in [2.45, 2.75) is 58.4 Å². The third-order valence-electron chi connectivity index (χ3n) is 4.31. The quantitative estimate of drug-likeness (QED) is 0.502. The Labute approximate surface area is 138 Å². The Morgan fingerprint density at radius 1 is 1.22 bits per heavy atom. The maximum Gasteiger partial charge on any atom is 0.267 e. The summed E-state index contributed by atoms with van der Waals surface area (Å²) >= 11 is 0. The fraction of sp³-hybridized carbons (Fsp3) is 0.474. The average molecular weight is 311 g/mol. The minimum absolute atomic E-state index is 0.120. The Hall–Kier alpha value is -2.28. The molecule has 1 aromatic rings. The molecule has 1 aliphatic carbocycles. The Bertz CT molecular complexity index is 620. The zero-order valence-corrected chi connectivity index (χ0v) is 14.0. The van der Waals surface area contributed by atoms with Gasteiger partial charge in [0.1, 0.15) is 11.6 Å². The summed E-state index contributed by atoms with van der Waals surface area (Å²) in [5.74, 6) is -0.361. The van der Waals surface area contributed by atoms with Gasteiger partial charge in [0.05, 0.1) is 0 Å². The molecule has 0 radical (unpaired) electrons. The summed E-state index contributed by atoms with van der Waals surface area (Å²) in [5, 5.41) is 15.3. The first-order chi connectivity index (χ1) is 11.1. The molecule has 0 saturated heterocycles. The second-order valence-corrected chi connectivity index (χ2v) is 6.30. The number of carbonyl (C=O) groups excluding carboxylic acids is 1. The first-order valence-electron chi connectivity index (χ1n) is 8.35. The van der Waals surface area contributed by atoms with Crippen LogP contribution in [0.2, 0.25) is 0 Å². The van der Waals surface area contributed by atoms with Crippen LogP contribution in [0.3, 0.4) is 0 Å². The predicted molar refractivity (Wildman–Crippen MR) is 92.9 cm³/mol. The Kier molecular flexibility index (Phi) is 6.22. The molecular weight excluding hydrogens is 286 g/mol. The smallest absolute Gasteiger partial charge is 0.267 e. The number of hydrogen-bond donors (Lipinski definition) is 2. The molecule has 0 atom stereocenters. The summed E-state index contributed by atoms with van der Waals surface area (Å²) in [6, 6.07) is 8.19. The van der Waals surface area contributed by atoms with Crippen molar-refractivity contribution in [3.05, 3.63) is 41.1 Å². The van der Waals surface area contributed by atoms with Gasteiger partial charge in [-0.2, -0.15) is 5.26 Å². The number of nitriles is 1. The van der Waals surface area contributed by atoms with E-state index in [0.29, 0.717) is 6.04 Å². The molecule has 0 aliphatic heterocycles. The van der Waals surface area contributed by atoms with Gasteiger partial charge in [-0.1, -0.05) is 43.4 Å². The number of carbonyl (C=O) groups is 1. The molecule has 0 heterocycles. The van der Waals surface area contributed by atoms with Crippen LogP contribution in [0, 0.1) is 25.2 Å². The SMILES string of the molecule is Cc1ccc(NC(=O)/C(C#N)=C\NC2CCCCCC2)c(C)c1. The first-order valence-corrected chi connectivity index (χ1v) is 8.35. The predicted octanol–water partition coefficient (Wildman–Crippen LogP) is 3.96. The number of anilines is 1. The molecule has 0 aromatic heterocycles. The highest BCUT2D eigenvalue weighted by Gasteiger charge is 2.14. The van der Waals surface area contributed by atoms with Gasteiger partial charge >= 0.3 is 0 Å². The summed E-state index contributed by atoms with van der Waals surface area (Å²) < 4.78 is 0. The third kappa shape index (κ3) is 5.14. The van der Waals surface area contributed by atoms with Gasteiger partial charge in [0.15, 0.2) is 0 Å². The van der Waals surface area contributed by atoms with Crippen LogP contribution in [-0.2, 0) is 4.79 Å². The Balaban J connectivity index is 2.00. The lowest BCUT2D eigenvalue weighted by Gasteiger charge is -2.14. The number of benzene rings is 1. The number of aryl methyl sites for hydroxylation is 2. The van der Waals surface area contributed by atoms with Crippen molar-refractivity contribution in [2.24, 2.45) is 0 Å². The summed E-state index contributed by atoms with van der Waals surface area (Å²) in [6.45, 7) is 3.96. The zero-order valence-electron chi connectivity index (χ0n) is 14.0. The van der Waals surface area contributed by atoms with Gasteiger partial charge in [-0.05, 0) is 38.3 Å². The number of rotatable bonds is 4. The van der Waals surface area contributed by atoms with Crippen LogP contribution >= 0.6 is 0 Å². The first kappa shape index (κ1) is 17.1. The molecule has 23 heavy (non-hydrogen) atoms. The van der Waals surface area contributed by atoms with E-state index in [0.717, 1.165) is 29.7 Å². The summed E-state index contributed by atoms with van der Waals surface area (Å²) in [6.07, 6.45) is 8.77. The highest BCUT2D eigenvalue weighted by molar-refractivity contribution is 6.06. The van der Waals surface area contributed by atoms with Gasteiger partial charge < -0.3 is 10.6 Å². The topological polar surface area (TPSA) is 64.9 Å². The largest absolute Gasteiger partial charge is 0.387 e. The Morgan fingerprint density at radius 2 is 1.91 bits per heavy atom. The number of amides is 1.